The summed E-state index contributed by atoms with van der Waals surface area (Å²) < 4.78 is 71.6. The fourth-order valence-electron chi connectivity index (χ4n) is 3.93. The zero-order valence-electron chi connectivity index (χ0n) is 20.7. The molecule has 0 fully saturated rings. The fraction of sp³-hybridized carbons (Fsp3) is 0.269. The molecule has 0 bridgehead atoms. The van der Waals surface area contributed by atoms with Crippen LogP contribution >= 0.6 is 0 Å². The zero-order chi connectivity index (χ0) is 28.4. The quantitative estimate of drug-likeness (QED) is 0.384. The number of allylic oxidation sites excluding steroid dienone is 1. The van der Waals surface area contributed by atoms with Crippen molar-refractivity contribution in [2.45, 2.75) is 43.1 Å². The normalized spacial score (nSPS) is 16.2. The molecule has 1 unspecified atom stereocenters. The van der Waals surface area contributed by atoms with E-state index in [4.69, 9.17) is 4.74 Å². The predicted octanol–water partition coefficient (Wildman–Crippen LogP) is 5.03. The highest BCUT2D eigenvalue weighted by Gasteiger charge is 2.40. The van der Waals surface area contributed by atoms with E-state index in [1.165, 1.54) is 45.0 Å². The second-order valence-corrected chi connectivity index (χ2v) is 11.1. The molecular formula is C26H24F3N3O5S. The van der Waals surface area contributed by atoms with Crippen molar-refractivity contribution in [1.29, 1.82) is 5.26 Å². The molecule has 1 N–H and O–H groups in total. The summed E-state index contributed by atoms with van der Waals surface area (Å²) in [5.41, 5.74) is -1.40. The molecule has 1 aliphatic rings. The molecule has 2 amide bonds. The minimum absolute atomic E-state index is 0.000328. The molecule has 1 atom stereocenters. The van der Waals surface area contributed by atoms with Gasteiger partial charge in [0.2, 0.25) is 0 Å². The third-order valence-electron chi connectivity index (χ3n) is 5.85. The summed E-state index contributed by atoms with van der Waals surface area (Å²) in [4.78, 5) is 27.1. The maximum atomic E-state index is 13.3. The van der Waals surface area contributed by atoms with Crippen molar-refractivity contribution in [3.63, 3.8) is 0 Å². The standard InChI is InChI=1S/C26H24F3N3O5S/c1-5-11-37-24(33)22-16(4)32(19-8-6-7-18(13-19)26(27,28)29)25(34)31-23(22)20-10-9-17(14-30)12-21(20)38(35,36)15(2)3/h5-10,12-13,15,23H,1,11H2,2-4H3,(H,31,34). The summed E-state index contributed by atoms with van der Waals surface area (Å²) in [5.74, 6) is -0.943. The van der Waals surface area contributed by atoms with Crippen LogP contribution in [0.1, 0.15) is 43.5 Å². The first-order valence-electron chi connectivity index (χ1n) is 11.3. The number of carbonyl (C=O) groups excluding carboxylic acids is 2. The number of carbonyl (C=O) groups is 2. The first-order chi connectivity index (χ1) is 17.7. The Labute approximate surface area is 217 Å². The topological polar surface area (TPSA) is 117 Å². The molecule has 8 nitrogen and oxygen atoms in total. The van der Waals surface area contributed by atoms with Gasteiger partial charge in [0.15, 0.2) is 9.84 Å². The Morgan fingerprint density at radius 1 is 1.26 bits per heavy atom. The average Bonchev–Trinajstić information content (AvgIpc) is 2.86. The van der Waals surface area contributed by atoms with Crippen LogP contribution < -0.4 is 10.2 Å². The van der Waals surface area contributed by atoms with E-state index >= 15 is 0 Å². The Balaban J connectivity index is 2.30. The highest BCUT2D eigenvalue weighted by molar-refractivity contribution is 7.92. The predicted molar refractivity (Wildman–Crippen MR) is 133 cm³/mol. The molecule has 3 rings (SSSR count). The summed E-state index contributed by atoms with van der Waals surface area (Å²) in [5, 5.41) is 11.0. The third kappa shape index (κ3) is 5.43. The van der Waals surface area contributed by atoms with E-state index in [0.717, 1.165) is 29.2 Å². The number of alkyl halides is 3. The molecule has 12 heteroatoms. The van der Waals surface area contributed by atoms with Crippen molar-refractivity contribution in [3.05, 3.63) is 83.1 Å². The van der Waals surface area contributed by atoms with E-state index in [0.29, 0.717) is 0 Å². The molecule has 1 heterocycles. The van der Waals surface area contributed by atoms with Gasteiger partial charge in [0.1, 0.15) is 6.61 Å². The second kappa shape index (κ2) is 10.7. The molecule has 2 aromatic carbocycles. The minimum Gasteiger partial charge on any atom is -0.458 e. The molecule has 38 heavy (non-hydrogen) atoms. The molecular weight excluding hydrogens is 523 g/mol. The number of nitrogens with one attached hydrogen (secondary N) is 1. The van der Waals surface area contributed by atoms with Gasteiger partial charge in [0.05, 0.1) is 44.6 Å². The highest BCUT2D eigenvalue weighted by Crippen LogP contribution is 2.39. The number of ether oxygens (including phenoxy) is 1. The van der Waals surface area contributed by atoms with Crippen molar-refractivity contribution < 1.29 is 35.9 Å². The molecule has 0 spiro atoms. The molecule has 1 aliphatic heterocycles. The SMILES string of the molecule is C=CCOC(=O)C1=C(C)N(c2cccc(C(F)(F)F)c2)C(=O)NC1c1ccc(C#N)cc1S(=O)(=O)C(C)C. The van der Waals surface area contributed by atoms with E-state index in [1.54, 1.807) is 0 Å². The Morgan fingerprint density at radius 3 is 2.53 bits per heavy atom. The fourth-order valence-corrected chi connectivity index (χ4v) is 5.24. The maximum absolute atomic E-state index is 13.3. The molecule has 200 valence electrons. The lowest BCUT2D eigenvalue weighted by molar-refractivity contribution is -0.139. The first kappa shape index (κ1) is 28.5. The van der Waals surface area contributed by atoms with E-state index < -0.39 is 44.9 Å². The van der Waals surface area contributed by atoms with E-state index in [-0.39, 0.29) is 39.6 Å². The number of nitrogens with zero attached hydrogens (tertiary/aromatic N) is 2. The molecule has 0 radical (unpaired) electrons. The summed E-state index contributed by atoms with van der Waals surface area (Å²) >= 11 is 0. The third-order valence-corrected chi connectivity index (χ3v) is 8.06. The largest absolute Gasteiger partial charge is 0.458 e. The molecule has 0 saturated carbocycles. The van der Waals surface area contributed by atoms with Gasteiger partial charge in [0, 0.05) is 5.70 Å². The van der Waals surface area contributed by atoms with Crippen molar-refractivity contribution >= 4 is 27.5 Å². The van der Waals surface area contributed by atoms with Crippen LogP contribution in [-0.2, 0) is 25.5 Å². The molecule has 0 aromatic heterocycles. The smallest absolute Gasteiger partial charge is 0.416 e. The van der Waals surface area contributed by atoms with Gasteiger partial charge in [0.25, 0.3) is 0 Å². The van der Waals surface area contributed by atoms with Crippen LogP contribution in [0.3, 0.4) is 0 Å². The number of halogens is 3. The minimum atomic E-state index is -4.68. The summed E-state index contributed by atoms with van der Waals surface area (Å²) in [6.45, 7) is 7.48. The zero-order valence-corrected chi connectivity index (χ0v) is 21.5. The Bertz CT molecular complexity index is 1470. The van der Waals surface area contributed by atoms with Gasteiger partial charge in [-0.1, -0.05) is 24.8 Å². The Kier molecular flexibility index (Phi) is 8.02. The number of rotatable bonds is 7. The van der Waals surface area contributed by atoms with Crippen LogP contribution in [0.2, 0.25) is 0 Å². The lowest BCUT2D eigenvalue weighted by Crippen LogP contribution is -2.48. The van der Waals surface area contributed by atoms with Crippen LogP contribution in [0.15, 0.2) is 71.3 Å². The van der Waals surface area contributed by atoms with E-state index in [1.807, 2.05) is 6.07 Å². The molecule has 2 aromatic rings. The number of hydrogen-bond acceptors (Lipinski definition) is 6. The first-order valence-corrected chi connectivity index (χ1v) is 12.8. The number of benzene rings is 2. The van der Waals surface area contributed by atoms with Crippen LogP contribution in [0, 0.1) is 11.3 Å². The van der Waals surface area contributed by atoms with Gasteiger partial charge in [-0.15, -0.1) is 0 Å². The second-order valence-electron chi connectivity index (χ2n) is 8.61. The van der Waals surface area contributed by atoms with Crippen LogP contribution in [-0.4, -0.2) is 32.3 Å². The van der Waals surface area contributed by atoms with Crippen molar-refractivity contribution in [2.24, 2.45) is 0 Å². The van der Waals surface area contributed by atoms with Crippen molar-refractivity contribution in [2.75, 3.05) is 11.5 Å². The van der Waals surface area contributed by atoms with Crippen LogP contribution in [0.4, 0.5) is 23.7 Å². The van der Waals surface area contributed by atoms with Crippen LogP contribution in [0.5, 0.6) is 0 Å². The monoisotopic (exact) mass is 547 g/mol. The van der Waals surface area contributed by atoms with E-state index in [9.17, 15) is 36.4 Å². The van der Waals surface area contributed by atoms with Crippen LogP contribution in [0.25, 0.3) is 0 Å². The average molecular weight is 548 g/mol. The van der Waals surface area contributed by atoms with Gasteiger partial charge in [-0.3, -0.25) is 4.90 Å². The van der Waals surface area contributed by atoms with Crippen molar-refractivity contribution in [3.8, 4) is 6.07 Å². The van der Waals surface area contributed by atoms with Gasteiger partial charge in [-0.25, -0.2) is 18.0 Å². The number of amides is 2. The number of anilines is 1. The van der Waals surface area contributed by atoms with Gasteiger partial charge < -0.3 is 10.1 Å². The number of nitriles is 1. The molecule has 0 aliphatic carbocycles. The van der Waals surface area contributed by atoms with Gasteiger partial charge >= 0.3 is 18.2 Å². The number of esters is 1. The Hall–Kier alpha value is -4.11. The lowest BCUT2D eigenvalue weighted by atomic mass is 9.93. The number of hydrogen-bond donors (Lipinski definition) is 1. The summed E-state index contributed by atoms with van der Waals surface area (Å²) in [7, 11) is -4.01. The Morgan fingerprint density at radius 2 is 1.95 bits per heavy atom. The highest BCUT2D eigenvalue weighted by atomic mass is 32.2. The lowest BCUT2D eigenvalue weighted by Gasteiger charge is -2.36. The number of urea groups is 1. The summed E-state index contributed by atoms with van der Waals surface area (Å²) in [6, 6.07) is 7.40. The van der Waals surface area contributed by atoms with Gasteiger partial charge in [-0.2, -0.15) is 18.4 Å². The maximum Gasteiger partial charge on any atom is 0.416 e. The van der Waals surface area contributed by atoms with Gasteiger partial charge in [-0.05, 0) is 56.7 Å². The number of sulfone groups is 1. The van der Waals surface area contributed by atoms with E-state index in [2.05, 4.69) is 11.9 Å². The summed E-state index contributed by atoms with van der Waals surface area (Å²) in [6.07, 6.45) is -3.39. The van der Waals surface area contributed by atoms with Crippen molar-refractivity contribution in [1.82, 2.24) is 5.32 Å². The molecule has 0 saturated heterocycles.